The molecule has 0 bridgehead atoms. The summed E-state index contributed by atoms with van der Waals surface area (Å²) in [4.78, 5) is 8.67. The third kappa shape index (κ3) is 2.22. The Morgan fingerprint density at radius 3 is 2.85 bits per heavy atom. The van der Waals surface area contributed by atoms with Gasteiger partial charge in [0.05, 0.1) is 32.3 Å². The van der Waals surface area contributed by atoms with E-state index in [2.05, 4.69) is 25.9 Å². The predicted octanol–water partition coefficient (Wildman–Crippen LogP) is 5.14. The maximum absolute atomic E-state index is 6.27. The van der Waals surface area contributed by atoms with E-state index in [1.54, 1.807) is 12.4 Å². The number of halogens is 3. The molecule has 3 aromatic rings. The quantitative estimate of drug-likeness (QED) is 0.585. The lowest BCUT2D eigenvalue weighted by Crippen LogP contribution is -2.02. The van der Waals surface area contributed by atoms with Gasteiger partial charge in [0.1, 0.15) is 11.3 Å². The normalized spacial score (nSPS) is 12.8. The van der Waals surface area contributed by atoms with Gasteiger partial charge in [-0.3, -0.25) is 9.55 Å². The van der Waals surface area contributed by atoms with Crippen LogP contribution in [0.3, 0.4) is 0 Å². The second-order valence-corrected chi connectivity index (χ2v) is 6.21. The highest BCUT2D eigenvalue weighted by atomic mass is 79.9. The van der Waals surface area contributed by atoms with Crippen LogP contribution in [0.2, 0.25) is 5.02 Å². The molecule has 0 aliphatic rings. The fourth-order valence-corrected chi connectivity index (χ4v) is 2.89. The van der Waals surface area contributed by atoms with Gasteiger partial charge in [-0.15, -0.1) is 11.6 Å². The maximum atomic E-state index is 6.27. The number of hydrogen-bond donors (Lipinski definition) is 0. The van der Waals surface area contributed by atoms with Gasteiger partial charge in [-0.25, -0.2) is 4.98 Å². The van der Waals surface area contributed by atoms with E-state index < -0.39 is 0 Å². The third-order valence-corrected chi connectivity index (χ3v) is 4.58. The van der Waals surface area contributed by atoms with Crippen molar-refractivity contribution in [2.75, 3.05) is 0 Å². The number of hydrogen-bond acceptors (Lipinski definition) is 2. The summed E-state index contributed by atoms with van der Waals surface area (Å²) in [5, 5.41) is 0.417. The first kappa shape index (κ1) is 13.9. The van der Waals surface area contributed by atoms with Crippen molar-refractivity contribution in [3.05, 3.63) is 52.0 Å². The van der Waals surface area contributed by atoms with Gasteiger partial charge in [-0.05, 0) is 41.1 Å². The first-order chi connectivity index (χ1) is 9.59. The van der Waals surface area contributed by atoms with Crippen LogP contribution >= 0.6 is 39.1 Å². The first-order valence-electron chi connectivity index (χ1n) is 6.00. The molecule has 3 rings (SSSR count). The largest absolute Gasteiger partial charge is 0.294 e. The fraction of sp³-hybridized carbons (Fsp3) is 0.143. The molecule has 0 radical (unpaired) electrons. The minimum absolute atomic E-state index is 0.228. The maximum Gasteiger partial charge on any atom is 0.132 e. The fourth-order valence-electron chi connectivity index (χ4n) is 2.14. The molecule has 102 valence electrons. The summed E-state index contributed by atoms with van der Waals surface area (Å²) in [5.41, 5.74) is 2.67. The number of benzene rings is 1. The lowest BCUT2D eigenvalue weighted by atomic mass is 10.3. The summed E-state index contributed by atoms with van der Waals surface area (Å²) in [7, 11) is 0. The minimum Gasteiger partial charge on any atom is -0.294 e. The zero-order valence-electron chi connectivity index (χ0n) is 10.5. The molecule has 0 aliphatic carbocycles. The summed E-state index contributed by atoms with van der Waals surface area (Å²) < 4.78 is 2.82. The zero-order chi connectivity index (χ0) is 14.3. The third-order valence-electron chi connectivity index (χ3n) is 3.01. The Morgan fingerprint density at radius 2 is 2.10 bits per heavy atom. The van der Waals surface area contributed by atoms with Crippen molar-refractivity contribution in [1.82, 2.24) is 14.5 Å². The molecule has 6 heteroatoms. The SMILES string of the molecule is CC(Cl)c1nc2cnccc2n1-c1cccc(Cl)c1Br. The molecule has 0 spiro atoms. The standard InChI is InChI=1S/C14H10BrCl2N3/c1-8(16)14-19-10-7-18-6-5-11(10)20(14)12-4-2-3-9(17)13(12)15/h2-8H,1H3. The molecular formula is C14H10BrCl2N3. The van der Waals surface area contributed by atoms with Gasteiger partial charge in [-0.2, -0.15) is 0 Å². The van der Waals surface area contributed by atoms with Crippen molar-refractivity contribution in [3.8, 4) is 5.69 Å². The van der Waals surface area contributed by atoms with Crippen LogP contribution < -0.4 is 0 Å². The predicted molar refractivity (Wildman–Crippen MR) is 85.8 cm³/mol. The van der Waals surface area contributed by atoms with Crippen LogP contribution in [0, 0.1) is 0 Å². The Hall–Kier alpha value is -1.10. The molecule has 1 aromatic carbocycles. The van der Waals surface area contributed by atoms with Crippen molar-refractivity contribution in [1.29, 1.82) is 0 Å². The van der Waals surface area contributed by atoms with Gasteiger partial charge in [0, 0.05) is 6.20 Å². The second-order valence-electron chi connectivity index (χ2n) is 4.36. The molecule has 2 heterocycles. The summed E-state index contributed by atoms with van der Waals surface area (Å²) in [5.74, 6) is 0.762. The Morgan fingerprint density at radius 1 is 1.30 bits per heavy atom. The van der Waals surface area contributed by atoms with E-state index >= 15 is 0 Å². The number of aromatic nitrogens is 3. The average Bonchev–Trinajstić information content (AvgIpc) is 2.81. The highest BCUT2D eigenvalue weighted by Crippen LogP contribution is 2.34. The minimum atomic E-state index is -0.228. The highest BCUT2D eigenvalue weighted by molar-refractivity contribution is 9.10. The van der Waals surface area contributed by atoms with E-state index in [4.69, 9.17) is 23.2 Å². The van der Waals surface area contributed by atoms with Crippen molar-refractivity contribution >= 4 is 50.2 Å². The lowest BCUT2D eigenvalue weighted by Gasteiger charge is -2.13. The van der Waals surface area contributed by atoms with Crippen LogP contribution in [0.4, 0.5) is 0 Å². The Kier molecular flexibility index (Phi) is 3.71. The zero-order valence-corrected chi connectivity index (χ0v) is 13.6. The summed E-state index contributed by atoms with van der Waals surface area (Å²) in [6.45, 7) is 1.89. The smallest absolute Gasteiger partial charge is 0.132 e. The first-order valence-corrected chi connectivity index (χ1v) is 7.61. The van der Waals surface area contributed by atoms with Crippen LogP contribution in [-0.4, -0.2) is 14.5 Å². The molecule has 1 atom stereocenters. The molecule has 2 aromatic heterocycles. The van der Waals surface area contributed by atoms with Crippen LogP contribution in [-0.2, 0) is 0 Å². The number of imidazole rings is 1. The van der Waals surface area contributed by atoms with Crippen LogP contribution in [0.25, 0.3) is 16.7 Å². The van der Waals surface area contributed by atoms with Crippen LogP contribution in [0.15, 0.2) is 41.1 Å². The molecule has 1 unspecified atom stereocenters. The molecular weight excluding hydrogens is 361 g/mol. The molecule has 0 aliphatic heterocycles. The van der Waals surface area contributed by atoms with E-state index in [1.807, 2.05) is 35.8 Å². The number of nitrogens with zero attached hydrogens (tertiary/aromatic N) is 3. The molecule has 0 fully saturated rings. The van der Waals surface area contributed by atoms with Crippen LogP contribution in [0.1, 0.15) is 18.1 Å². The van der Waals surface area contributed by atoms with E-state index in [0.29, 0.717) is 5.02 Å². The second kappa shape index (κ2) is 5.35. The number of rotatable bonds is 2. The Bertz CT molecular complexity index is 783. The van der Waals surface area contributed by atoms with Gasteiger partial charge in [-0.1, -0.05) is 17.7 Å². The molecule has 20 heavy (non-hydrogen) atoms. The average molecular weight is 371 g/mol. The van der Waals surface area contributed by atoms with Crippen molar-refractivity contribution < 1.29 is 0 Å². The van der Waals surface area contributed by atoms with Crippen LogP contribution in [0.5, 0.6) is 0 Å². The van der Waals surface area contributed by atoms with Gasteiger partial charge in [0.25, 0.3) is 0 Å². The molecule has 0 amide bonds. The molecule has 0 N–H and O–H groups in total. The van der Waals surface area contributed by atoms with Gasteiger partial charge >= 0.3 is 0 Å². The van der Waals surface area contributed by atoms with E-state index in [-0.39, 0.29) is 5.38 Å². The van der Waals surface area contributed by atoms with E-state index in [1.165, 1.54) is 0 Å². The summed E-state index contributed by atoms with van der Waals surface area (Å²) >= 11 is 16.0. The Labute approximate surface area is 134 Å². The van der Waals surface area contributed by atoms with Gasteiger partial charge in [0.15, 0.2) is 0 Å². The number of alkyl halides is 1. The monoisotopic (exact) mass is 369 g/mol. The number of fused-ring (bicyclic) bond motifs is 1. The summed E-state index contributed by atoms with van der Waals surface area (Å²) in [6.07, 6.45) is 3.47. The van der Waals surface area contributed by atoms with Crippen molar-refractivity contribution in [3.63, 3.8) is 0 Å². The molecule has 0 saturated carbocycles. The topological polar surface area (TPSA) is 30.7 Å². The van der Waals surface area contributed by atoms with Crippen molar-refractivity contribution in [2.45, 2.75) is 12.3 Å². The van der Waals surface area contributed by atoms with E-state index in [0.717, 1.165) is 27.0 Å². The highest BCUT2D eigenvalue weighted by Gasteiger charge is 2.18. The molecule has 3 nitrogen and oxygen atoms in total. The lowest BCUT2D eigenvalue weighted by molar-refractivity contribution is 0.880. The van der Waals surface area contributed by atoms with E-state index in [9.17, 15) is 0 Å². The molecule has 0 saturated heterocycles. The van der Waals surface area contributed by atoms with Gasteiger partial charge < -0.3 is 0 Å². The summed E-state index contributed by atoms with van der Waals surface area (Å²) in [6, 6.07) is 7.62. The van der Waals surface area contributed by atoms with Crippen molar-refractivity contribution in [2.24, 2.45) is 0 Å². The Balaban J connectivity index is 2.39. The van der Waals surface area contributed by atoms with Gasteiger partial charge in [0.2, 0.25) is 0 Å². The number of pyridine rings is 1.